The molecule has 0 amide bonds. The number of nitrogens with zero attached hydrogens (tertiary/aromatic N) is 2. The summed E-state index contributed by atoms with van der Waals surface area (Å²) in [4.78, 5) is 0. The molecule has 0 aliphatic rings. The second-order valence-electron chi connectivity index (χ2n) is 5.76. The molecule has 0 bridgehead atoms. The average molecular weight is 350 g/mol. The predicted molar refractivity (Wildman–Crippen MR) is 94.3 cm³/mol. The Hall–Kier alpha value is -3.34. The summed E-state index contributed by atoms with van der Waals surface area (Å²) in [5, 5.41) is 4.45. The van der Waals surface area contributed by atoms with Crippen molar-refractivity contribution in [2.75, 3.05) is 0 Å². The van der Waals surface area contributed by atoms with Gasteiger partial charge in [-0.15, -0.1) is 0 Å². The molecule has 0 unspecified atom stereocenters. The Morgan fingerprint density at radius 3 is 1.85 bits per heavy atom. The van der Waals surface area contributed by atoms with E-state index in [1.165, 1.54) is 41.1 Å². The van der Waals surface area contributed by atoms with Crippen LogP contribution in [0, 0.1) is 17.5 Å². The monoisotopic (exact) mass is 350 g/mol. The van der Waals surface area contributed by atoms with Crippen LogP contribution in [0.2, 0.25) is 0 Å². The third-order valence-electron chi connectivity index (χ3n) is 4.08. The number of aromatic nitrogens is 2. The fraction of sp³-hybridized carbons (Fsp3) is 0. The molecule has 26 heavy (non-hydrogen) atoms. The fourth-order valence-electron chi connectivity index (χ4n) is 2.82. The molecular weight excluding hydrogens is 337 g/mol. The van der Waals surface area contributed by atoms with Crippen molar-refractivity contribution in [3.8, 4) is 28.2 Å². The summed E-state index contributed by atoms with van der Waals surface area (Å²) >= 11 is 0. The van der Waals surface area contributed by atoms with Gasteiger partial charge in [-0.1, -0.05) is 24.3 Å². The zero-order chi connectivity index (χ0) is 18.1. The van der Waals surface area contributed by atoms with Crippen LogP contribution in [-0.4, -0.2) is 9.78 Å². The molecule has 0 aliphatic heterocycles. The maximum Gasteiger partial charge on any atom is 0.132 e. The van der Waals surface area contributed by atoms with E-state index < -0.39 is 11.6 Å². The van der Waals surface area contributed by atoms with Crippen molar-refractivity contribution in [3.05, 3.63) is 96.3 Å². The Balaban J connectivity index is 1.95. The molecule has 0 atom stereocenters. The fourth-order valence-corrected chi connectivity index (χ4v) is 2.82. The highest BCUT2D eigenvalue weighted by molar-refractivity contribution is 5.71. The van der Waals surface area contributed by atoms with Crippen LogP contribution in [-0.2, 0) is 0 Å². The topological polar surface area (TPSA) is 17.8 Å². The van der Waals surface area contributed by atoms with E-state index in [2.05, 4.69) is 5.10 Å². The molecule has 2 nitrogen and oxygen atoms in total. The van der Waals surface area contributed by atoms with E-state index in [0.717, 1.165) is 0 Å². The molecule has 128 valence electrons. The molecule has 4 aromatic rings. The number of hydrogen-bond donors (Lipinski definition) is 0. The smallest absolute Gasteiger partial charge is 0.132 e. The van der Waals surface area contributed by atoms with Crippen molar-refractivity contribution in [2.24, 2.45) is 0 Å². The van der Waals surface area contributed by atoms with E-state index in [-0.39, 0.29) is 5.82 Å². The van der Waals surface area contributed by atoms with Gasteiger partial charge in [-0.05, 0) is 54.6 Å². The highest BCUT2D eigenvalue weighted by Gasteiger charge is 2.17. The van der Waals surface area contributed by atoms with Gasteiger partial charge in [-0.2, -0.15) is 5.10 Å². The van der Waals surface area contributed by atoms with Gasteiger partial charge in [0.2, 0.25) is 0 Å². The van der Waals surface area contributed by atoms with Gasteiger partial charge >= 0.3 is 0 Å². The highest BCUT2D eigenvalue weighted by Crippen LogP contribution is 2.31. The summed E-state index contributed by atoms with van der Waals surface area (Å²) in [7, 11) is 0. The van der Waals surface area contributed by atoms with Crippen LogP contribution in [0.15, 0.2) is 78.9 Å². The molecule has 0 saturated heterocycles. The second-order valence-corrected chi connectivity index (χ2v) is 5.76. The van der Waals surface area contributed by atoms with Crippen molar-refractivity contribution in [1.29, 1.82) is 0 Å². The maximum absolute atomic E-state index is 14.4. The standard InChI is InChI=1S/C21H13F3N2/c22-14-9-11-15(12-10-14)26-21(17-6-2-4-8-19(17)24)13-20(25-26)16-5-1-3-7-18(16)23/h1-13H. The summed E-state index contributed by atoms with van der Waals surface area (Å²) in [6, 6.07) is 19.8. The SMILES string of the molecule is Fc1ccc(-n2nc(-c3ccccc3F)cc2-c2ccccc2F)cc1. The first-order chi connectivity index (χ1) is 12.6. The number of halogens is 3. The van der Waals surface area contributed by atoms with Crippen LogP contribution in [0.1, 0.15) is 0 Å². The van der Waals surface area contributed by atoms with Crippen LogP contribution in [0.5, 0.6) is 0 Å². The first-order valence-electron chi connectivity index (χ1n) is 7.99. The Morgan fingerprint density at radius 2 is 1.23 bits per heavy atom. The minimum Gasteiger partial charge on any atom is -0.232 e. The van der Waals surface area contributed by atoms with Crippen LogP contribution in [0.4, 0.5) is 13.2 Å². The molecule has 0 radical (unpaired) electrons. The van der Waals surface area contributed by atoms with Gasteiger partial charge in [0.25, 0.3) is 0 Å². The molecule has 0 spiro atoms. The lowest BCUT2D eigenvalue weighted by Gasteiger charge is -2.08. The maximum atomic E-state index is 14.4. The quantitative estimate of drug-likeness (QED) is 0.469. The first-order valence-corrected chi connectivity index (χ1v) is 7.99. The minimum atomic E-state index is -0.421. The number of benzene rings is 3. The molecule has 5 heteroatoms. The van der Waals surface area contributed by atoms with E-state index in [9.17, 15) is 13.2 Å². The molecule has 1 heterocycles. The van der Waals surface area contributed by atoms with Gasteiger partial charge in [-0.3, -0.25) is 0 Å². The van der Waals surface area contributed by atoms with E-state index >= 15 is 0 Å². The lowest BCUT2D eigenvalue weighted by atomic mass is 10.1. The summed E-state index contributed by atoms with van der Waals surface area (Å²) in [5.41, 5.74) is 2.00. The van der Waals surface area contributed by atoms with Gasteiger partial charge in [0.1, 0.15) is 17.5 Å². The summed E-state index contributed by atoms with van der Waals surface area (Å²) in [6.07, 6.45) is 0. The lowest BCUT2D eigenvalue weighted by Crippen LogP contribution is -2.00. The summed E-state index contributed by atoms with van der Waals surface area (Å²) < 4.78 is 43.3. The number of rotatable bonds is 3. The van der Waals surface area contributed by atoms with Crippen molar-refractivity contribution in [3.63, 3.8) is 0 Å². The van der Waals surface area contributed by atoms with Crippen molar-refractivity contribution >= 4 is 0 Å². The molecule has 0 aliphatic carbocycles. The largest absolute Gasteiger partial charge is 0.232 e. The van der Waals surface area contributed by atoms with Crippen molar-refractivity contribution < 1.29 is 13.2 Å². The lowest BCUT2D eigenvalue weighted by molar-refractivity contribution is 0.625. The van der Waals surface area contributed by atoms with Gasteiger partial charge in [0.05, 0.1) is 17.1 Å². The van der Waals surface area contributed by atoms with E-state index in [1.807, 2.05) is 0 Å². The molecule has 3 aromatic carbocycles. The van der Waals surface area contributed by atoms with Crippen molar-refractivity contribution in [2.45, 2.75) is 0 Å². The molecule has 0 fully saturated rings. The van der Waals surface area contributed by atoms with Gasteiger partial charge in [0, 0.05) is 11.1 Å². The molecule has 0 saturated carbocycles. The van der Waals surface area contributed by atoms with E-state index in [0.29, 0.717) is 28.2 Å². The van der Waals surface area contributed by atoms with Gasteiger partial charge in [-0.25, -0.2) is 17.9 Å². The van der Waals surface area contributed by atoms with Crippen LogP contribution in [0.3, 0.4) is 0 Å². The van der Waals surface area contributed by atoms with Crippen LogP contribution < -0.4 is 0 Å². The normalized spacial score (nSPS) is 10.9. The first kappa shape index (κ1) is 16.1. The Labute approximate surface area is 148 Å². The van der Waals surface area contributed by atoms with Gasteiger partial charge < -0.3 is 0 Å². The highest BCUT2D eigenvalue weighted by atomic mass is 19.1. The summed E-state index contributed by atoms with van der Waals surface area (Å²) in [5.74, 6) is -1.23. The zero-order valence-electron chi connectivity index (χ0n) is 13.5. The third-order valence-corrected chi connectivity index (χ3v) is 4.08. The van der Waals surface area contributed by atoms with Gasteiger partial charge in [0.15, 0.2) is 0 Å². The van der Waals surface area contributed by atoms with Crippen LogP contribution >= 0.6 is 0 Å². The summed E-state index contributed by atoms with van der Waals surface area (Å²) in [6.45, 7) is 0. The molecule has 4 rings (SSSR count). The second kappa shape index (κ2) is 6.52. The van der Waals surface area contributed by atoms with Crippen molar-refractivity contribution in [1.82, 2.24) is 9.78 Å². The minimum absolute atomic E-state index is 0.311. The average Bonchev–Trinajstić information content (AvgIpc) is 3.08. The number of hydrogen-bond acceptors (Lipinski definition) is 1. The predicted octanol–water partition coefficient (Wildman–Crippen LogP) is 5.62. The third kappa shape index (κ3) is 2.88. The Morgan fingerprint density at radius 1 is 0.654 bits per heavy atom. The van der Waals surface area contributed by atoms with E-state index in [4.69, 9.17) is 0 Å². The molecular formula is C21H13F3N2. The molecule has 0 N–H and O–H groups in total. The van der Waals surface area contributed by atoms with Crippen LogP contribution in [0.25, 0.3) is 28.2 Å². The molecule has 1 aromatic heterocycles. The van der Waals surface area contributed by atoms with E-state index in [1.54, 1.807) is 42.5 Å². The Kier molecular flexibility index (Phi) is 4.05. The zero-order valence-corrected chi connectivity index (χ0v) is 13.5. The Bertz CT molecular complexity index is 1070.